The zero-order valence-corrected chi connectivity index (χ0v) is 13.0. The summed E-state index contributed by atoms with van der Waals surface area (Å²) in [7, 11) is 1.97. The van der Waals surface area contributed by atoms with Gasteiger partial charge >= 0.3 is 0 Å². The third-order valence-corrected chi connectivity index (χ3v) is 3.45. The van der Waals surface area contributed by atoms with Crippen LogP contribution in [0.2, 0.25) is 5.02 Å². The number of nitrogens with zero attached hydrogens (tertiary/aromatic N) is 2. The number of aromatic nitrogens is 1. The van der Waals surface area contributed by atoms with Crippen molar-refractivity contribution in [1.29, 1.82) is 0 Å². The number of pyridine rings is 1. The Labute approximate surface area is 129 Å². The minimum Gasteiger partial charge on any atom is -0.389 e. The molecular formula is C15H16ClN3S. The van der Waals surface area contributed by atoms with Crippen LogP contribution in [0.1, 0.15) is 16.8 Å². The van der Waals surface area contributed by atoms with Gasteiger partial charge in [0, 0.05) is 24.3 Å². The standard InChI is InChI=1S/C15H16ClN3S/c1-10-3-8-13(14(17)20)15(18-10)19(2)9-11-4-6-12(16)7-5-11/h3-8H,9H2,1-2H3,(H2,17,20). The van der Waals surface area contributed by atoms with Crippen molar-refractivity contribution in [2.24, 2.45) is 5.73 Å². The first-order valence-corrected chi connectivity index (χ1v) is 6.99. The fourth-order valence-electron chi connectivity index (χ4n) is 1.96. The Bertz CT molecular complexity index is 626. The van der Waals surface area contributed by atoms with E-state index in [-0.39, 0.29) is 0 Å². The Hall–Kier alpha value is -1.65. The zero-order valence-electron chi connectivity index (χ0n) is 11.4. The number of hydrogen-bond acceptors (Lipinski definition) is 3. The number of nitrogens with two attached hydrogens (primary N) is 1. The molecule has 0 unspecified atom stereocenters. The van der Waals surface area contributed by atoms with Gasteiger partial charge in [0.15, 0.2) is 0 Å². The van der Waals surface area contributed by atoms with Crippen molar-refractivity contribution in [3.63, 3.8) is 0 Å². The molecule has 0 fully saturated rings. The molecule has 0 aliphatic heterocycles. The number of anilines is 1. The van der Waals surface area contributed by atoms with Gasteiger partial charge in [0.05, 0.1) is 5.56 Å². The molecule has 0 atom stereocenters. The van der Waals surface area contributed by atoms with Gasteiger partial charge in [-0.1, -0.05) is 36.0 Å². The summed E-state index contributed by atoms with van der Waals surface area (Å²) in [6.07, 6.45) is 0. The summed E-state index contributed by atoms with van der Waals surface area (Å²) in [4.78, 5) is 6.93. The van der Waals surface area contributed by atoms with Crippen LogP contribution in [0.4, 0.5) is 5.82 Å². The maximum atomic E-state index is 5.89. The fraction of sp³-hybridized carbons (Fsp3) is 0.200. The van der Waals surface area contributed by atoms with Crippen LogP contribution in [0.5, 0.6) is 0 Å². The summed E-state index contributed by atoms with van der Waals surface area (Å²) < 4.78 is 0. The summed E-state index contributed by atoms with van der Waals surface area (Å²) in [6.45, 7) is 2.66. The van der Waals surface area contributed by atoms with Gasteiger partial charge in [0.25, 0.3) is 0 Å². The van der Waals surface area contributed by atoms with Crippen molar-refractivity contribution in [2.75, 3.05) is 11.9 Å². The predicted octanol–water partition coefficient (Wildman–Crippen LogP) is 3.31. The van der Waals surface area contributed by atoms with Gasteiger partial charge < -0.3 is 10.6 Å². The molecule has 2 N–H and O–H groups in total. The predicted molar refractivity (Wildman–Crippen MR) is 88.4 cm³/mol. The largest absolute Gasteiger partial charge is 0.389 e. The van der Waals surface area contributed by atoms with E-state index < -0.39 is 0 Å². The summed E-state index contributed by atoms with van der Waals surface area (Å²) in [6, 6.07) is 11.6. The number of benzene rings is 1. The molecule has 1 aromatic heterocycles. The molecule has 0 radical (unpaired) electrons. The number of aryl methyl sites for hydroxylation is 1. The summed E-state index contributed by atoms with van der Waals surface area (Å²) >= 11 is 11.0. The quantitative estimate of drug-likeness (QED) is 0.880. The molecule has 20 heavy (non-hydrogen) atoms. The molecule has 2 rings (SSSR count). The van der Waals surface area contributed by atoms with Crippen LogP contribution in [0, 0.1) is 6.92 Å². The highest BCUT2D eigenvalue weighted by molar-refractivity contribution is 7.80. The number of rotatable bonds is 4. The minimum absolute atomic E-state index is 0.357. The van der Waals surface area contributed by atoms with Crippen molar-refractivity contribution in [2.45, 2.75) is 13.5 Å². The lowest BCUT2D eigenvalue weighted by molar-refractivity contribution is 0.890. The lowest BCUT2D eigenvalue weighted by Gasteiger charge is -2.21. The lowest BCUT2D eigenvalue weighted by atomic mass is 10.2. The third-order valence-electron chi connectivity index (χ3n) is 2.97. The van der Waals surface area contributed by atoms with E-state index in [2.05, 4.69) is 4.98 Å². The van der Waals surface area contributed by atoms with Gasteiger partial charge in [-0.25, -0.2) is 4.98 Å². The molecule has 0 amide bonds. The van der Waals surface area contributed by atoms with Gasteiger partial charge in [0.1, 0.15) is 10.8 Å². The maximum absolute atomic E-state index is 5.89. The smallest absolute Gasteiger partial charge is 0.139 e. The van der Waals surface area contributed by atoms with Crippen LogP contribution < -0.4 is 10.6 Å². The van der Waals surface area contributed by atoms with Gasteiger partial charge in [-0.3, -0.25) is 0 Å². The van der Waals surface area contributed by atoms with E-state index in [9.17, 15) is 0 Å². The SMILES string of the molecule is Cc1ccc(C(N)=S)c(N(C)Cc2ccc(Cl)cc2)n1. The average Bonchev–Trinajstić information content (AvgIpc) is 2.41. The van der Waals surface area contributed by atoms with E-state index in [0.717, 1.165) is 27.7 Å². The third kappa shape index (κ3) is 3.46. The highest BCUT2D eigenvalue weighted by Crippen LogP contribution is 2.20. The molecular weight excluding hydrogens is 290 g/mol. The summed E-state index contributed by atoms with van der Waals surface area (Å²) in [5, 5.41) is 0.730. The molecule has 0 bridgehead atoms. The van der Waals surface area contributed by atoms with E-state index >= 15 is 0 Å². The van der Waals surface area contributed by atoms with Crippen molar-refractivity contribution in [3.05, 3.63) is 58.2 Å². The van der Waals surface area contributed by atoms with Crippen LogP contribution in [0.25, 0.3) is 0 Å². The molecule has 3 nitrogen and oxygen atoms in total. The van der Waals surface area contributed by atoms with Gasteiger partial charge in [-0.15, -0.1) is 0 Å². The van der Waals surface area contributed by atoms with Crippen molar-refractivity contribution in [3.8, 4) is 0 Å². The first-order valence-electron chi connectivity index (χ1n) is 6.20. The van der Waals surface area contributed by atoms with Crippen molar-refractivity contribution < 1.29 is 0 Å². The second-order valence-corrected chi connectivity index (χ2v) is 5.55. The first kappa shape index (κ1) is 14.8. The maximum Gasteiger partial charge on any atom is 0.139 e. The van der Waals surface area contributed by atoms with E-state index in [1.165, 1.54) is 0 Å². The summed E-state index contributed by atoms with van der Waals surface area (Å²) in [5.41, 5.74) is 8.64. The van der Waals surface area contributed by atoms with Gasteiger partial charge in [-0.05, 0) is 36.8 Å². The zero-order chi connectivity index (χ0) is 14.7. The van der Waals surface area contributed by atoms with Crippen LogP contribution in [-0.2, 0) is 6.54 Å². The lowest BCUT2D eigenvalue weighted by Crippen LogP contribution is -2.23. The Morgan fingerprint density at radius 2 is 1.90 bits per heavy atom. The van der Waals surface area contributed by atoms with Crippen LogP contribution in [-0.4, -0.2) is 17.0 Å². The Morgan fingerprint density at radius 3 is 2.50 bits per heavy atom. The second-order valence-electron chi connectivity index (χ2n) is 4.67. The van der Waals surface area contributed by atoms with E-state index in [4.69, 9.17) is 29.6 Å². The Morgan fingerprint density at radius 1 is 1.25 bits per heavy atom. The average molecular weight is 306 g/mol. The molecule has 5 heteroatoms. The van der Waals surface area contributed by atoms with Gasteiger partial charge in [-0.2, -0.15) is 0 Å². The normalized spacial score (nSPS) is 10.3. The number of halogens is 1. The van der Waals surface area contributed by atoms with Crippen LogP contribution >= 0.6 is 23.8 Å². The van der Waals surface area contributed by atoms with Crippen molar-refractivity contribution >= 4 is 34.6 Å². The Balaban J connectivity index is 2.28. The molecule has 0 aliphatic carbocycles. The molecule has 1 heterocycles. The highest BCUT2D eigenvalue weighted by Gasteiger charge is 2.12. The van der Waals surface area contributed by atoms with E-state index in [0.29, 0.717) is 11.5 Å². The molecule has 1 aromatic carbocycles. The number of hydrogen-bond donors (Lipinski definition) is 1. The first-order chi connectivity index (χ1) is 9.47. The van der Waals surface area contributed by atoms with E-state index in [1.54, 1.807) is 0 Å². The van der Waals surface area contributed by atoms with Crippen LogP contribution in [0.15, 0.2) is 36.4 Å². The number of thiocarbonyl (C=S) groups is 1. The molecule has 0 saturated heterocycles. The molecule has 2 aromatic rings. The molecule has 0 saturated carbocycles. The second kappa shape index (κ2) is 6.20. The molecule has 0 aliphatic rings. The summed E-state index contributed by atoms with van der Waals surface area (Å²) in [5.74, 6) is 0.799. The topological polar surface area (TPSA) is 42.1 Å². The molecule has 0 spiro atoms. The monoisotopic (exact) mass is 305 g/mol. The Kier molecular flexibility index (Phi) is 4.57. The highest BCUT2D eigenvalue weighted by atomic mass is 35.5. The minimum atomic E-state index is 0.357. The fourth-order valence-corrected chi connectivity index (χ4v) is 2.25. The van der Waals surface area contributed by atoms with Gasteiger partial charge in [0.2, 0.25) is 0 Å². The van der Waals surface area contributed by atoms with Crippen LogP contribution in [0.3, 0.4) is 0 Å². The van der Waals surface area contributed by atoms with E-state index in [1.807, 2.05) is 55.3 Å². The molecule has 104 valence electrons. The van der Waals surface area contributed by atoms with Crippen molar-refractivity contribution in [1.82, 2.24) is 4.98 Å².